The fourth-order valence-electron chi connectivity index (χ4n) is 4.03. The molecule has 0 radical (unpaired) electrons. The van der Waals surface area contributed by atoms with Crippen LogP contribution in [0, 0.1) is 0 Å². The number of nitrogens with one attached hydrogen (secondary N) is 1. The second-order valence-electron chi connectivity index (χ2n) is 7.59. The zero-order chi connectivity index (χ0) is 19.2. The van der Waals surface area contributed by atoms with E-state index in [1.54, 1.807) is 11.3 Å². The lowest BCUT2D eigenvalue weighted by atomic mass is 10.1. The first-order valence-corrected chi connectivity index (χ1v) is 11.2. The summed E-state index contributed by atoms with van der Waals surface area (Å²) in [6, 6.07) is 12.2. The molecule has 2 aliphatic rings. The Bertz CT molecular complexity index is 753. The Morgan fingerprint density at radius 2 is 2.00 bits per heavy atom. The summed E-state index contributed by atoms with van der Waals surface area (Å²) < 4.78 is 5.80. The number of ether oxygens (including phenoxy) is 1. The highest BCUT2D eigenvalue weighted by molar-refractivity contribution is 7.09. The van der Waals surface area contributed by atoms with Crippen LogP contribution in [0.5, 0.6) is 0 Å². The first-order chi connectivity index (χ1) is 13.8. The molecule has 4 rings (SSSR count). The van der Waals surface area contributed by atoms with Gasteiger partial charge in [0.1, 0.15) is 0 Å². The largest absolute Gasteiger partial charge is 0.376 e. The van der Waals surface area contributed by atoms with Crippen LogP contribution >= 0.6 is 11.3 Å². The van der Waals surface area contributed by atoms with Crippen LogP contribution in [0.2, 0.25) is 0 Å². The number of carbonyl (C=O) groups excluding carboxylic acids is 1. The van der Waals surface area contributed by atoms with Crippen molar-refractivity contribution < 1.29 is 9.53 Å². The average molecular weight is 400 g/mol. The van der Waals surface area contributed by atoms with Gasteiger partial charge in [0.15, 0.2) is 0 Å². The van der Waals surface area contributed by atoms with Gasteiger partial charge in [0.05, 0.1) is 24.0 Å². The number of thiophene rings is 1. The van der Waals surface area contributed by atoms with Crippen molar-refractivity contribution in [2.75, 3.05) is 36.5 Å². The number of benzene rings is 1. The minimum Gasteiger partial charge on any atom is -0.376 e. The molecule has 2 amide bonds. The number of piperidine rings is 1. The van der Waals surface area contributed by atoms with Gasteiger partial charge in [-0.1, -0.05) is 18.2 Å². The molecule has 2 fully saturated rings. The Morgan fingerprint density at radius 1 is 1.14 bits per heavy atom. The molecule has 28 heavy (non-hydrogen) atoms. The van der Waals surface area contributed by atoms with Crippen LogP contribution in [0.15, 0.2) is 41.8 Å². The number of carbonyl (C=O) groups is 1. The molecule has 0 spiro atoms. The summed E-state index contributed by atoms with van der Waals surface area (Å²) in [7, 11) is 0. The van der Waals surface area contributed by atoms with Gasteiger partial charge < -0.3 is 19.9 Å². The zero-order valence-electron chi connectivity index (χ0n) is 16.3. The summed E-state index contributed by atoms with van der Waals surface area (Å²) in [6.07, 6.45) is 5.97. The molecule has 3 heterocycles. The Kier molecular flexibility index (Phi) is 6.49. The number of rotatable bonds is 6. The SMILES string of the molecule is O=C(Nc1ccccc1N1CCCCC1)N(Cc1cccs1)C[C@@H]1CCCO1. The molecule has 0 saturated carbocycles. The van der Waals surface area contributed by atoms with E-state index in [-0.39, 0.29) is 12.1 Å². The van der Waals surface area contributed by atoms with Crippen molar-refractivity contribution in [1.82, 2.24) is 4.90 Å². The molecule has 2 aliphatic heterocycles. The van der Waals surface area contributed by atoms with E-state index in [4.69, 9.17) is 4.74 Å². The second-order valence-corrected chi connectivity index (χ2v) is 8.62. The second kappa shape index (κ2) is 9.43. The van der Waals surface area contributed by atoms with Gasteiger partial charge >= 0.3 is 6.03 Å². The Hall–Kier alpha value is -2.05. The molecule has 6 heteroatoms. The third kappa shape index (κ3) is 4.86. The number of hydrogen-bond donors (Lipinski definition) is 1. The summed E-state index contributed by atoms with van der Waals surface area (Å²) >= 11 is 1.69. The number of hydrogen-bond acceptors (Lipinski definition) is 4. The molecule has 1 atom stereocenters. The smallest absolute Gasteiger partial charge is 0.322 e. The van der Waals surface area contributed by atoms with Gasteiger partial charge in [0.2, 0.25) is 0 Å². The maximum atomic E-state index is 13.2. The number of para-hydroxylation sites is 2. The highest BCUT2D eigenvalue weighted by Crippen LogP contribution is 2.29. The molecule has 1 aromatic heterocycles. The van der Waals surface area contributed by atoms with E-state index in [2.05, 4.69) is 33.8 Å². The van der Waals surface area contributed by atoms with E-state index in [1.165, 1.54) is 24.1 Å². The van der Waals surface area contributed by atoms with E-state index in [0.29, 0.717) is 13.1 Å². The van der Waals surface area contributed by atoms with Gasteiger partial charge in [-0.05, 0) is 55.7 Å². The van der Waals surface area contributed by atoms with Crippen molar-refractivity contribution in [2.45, 2.75) is 44.8 Å². The summed E-state index contributed by atoms with van der Waals surface area (Å²) in [5.41, 5.74) is 2.03. The molecule has 150 valence electrons. The van der Waals surface area contributed by atoms with Crippen LogP contribution in [0.1, 0.15) is 37.0 Å². The maximum Gasteiger partial charge on any atom is 0.322 e. The zero-order valence-corrected chi connectivity index (χ0v) is 17.1. The van der Waals surface area contributed by atoms with E-state index in [0.717, 1.165) is 43.9 Å². The molecule has 0 aliphatic carbocycles. The fraction of sp³-hybridized carbons (Fsp3) is 0.500. The highest BCUT2D eigenvalue weighted by Gasteiger charge is 2.24. The molecular weight excluding hydrogens is 370 g/mol. The first-order valence-electron chi connectivity index (χ1n) is 10.3. The normalized spacial score (nSPS) is 19.6. The van der Waals surface area contributed by atoms with Crippen molar-refractivity contribution in [3.63, 3.8) is 0 Å². The van der Waals surface area contributed by atoms with Crippen LogP contribution < -0.4 is 10.2 Å². The van der Waals surface area contributed by atoms with Gasteiger partial charge in [0, 0.05) is 31.1 Å². The van der Waals surface area contributed by atoms with Gasteiger partial charge in [-0.15, -0.1) is 11.3 Å². The predicted molar refractivity (Wildman–Crippen MR) is 115 cm³/mol. The minimum absolute atomic E-state index is 0.0478. The number of nitrogens with zero attached hydrogens (tertiary/aromatic N) is 2. The first kappa shape index (κ1) is 19.3. The molecule has 1 N–H and O–H groups in total. The molecule has 5 nitrogen and oxygen atoms in total. The Labute approximate surface area is 171 Å². The van der Waals surface area contributed by atoms with Crippen molar-refractivity contribution >= 4 is 28.7 Å². The average Bonchev–Trinajstić information content (AvgIpc) is 3.43. The van der Waals surface area contributed by atoms with Crippen LogP contribution in [-0.4, -0.2) is 43.3 Å². The standard InChI is InChI=1S/C22H29N3O2S/c26-22(23-20-10-2-3-11-21(20)24-12-4-1-5-13-24)25(16-18-8-6-14-27-18)17-19-9-7-15-28-19/h2-3,7,9-11,15,18H,1,4-6,8,12-14,16-17H2,(H,23,26)/t18-/m0/s1. The van der Waals surface area contributed by atoms with E-state index in [1.807, 2.05) is 23.1 Å². The van der Waals surface area contributed by atoms with Crippen LogP contribution in [-0.2, 0) is 11.3 Å². The lowest BCUT2D eigenvalue weighted by molar-refractivity contribution is 0.0821. The van der Waals surface area contributed by atoms with Crippen molar-refractivity contribution in [3.05, 3.63) is 46.7 Å². The monoisotopic (exact) mass is 399 g/mol. The van der Waals surface area contributed by atoms with Gasteiger partial charge in [0.25, 0.3) is 0 Å². The highest BCUT2D eigenvalue weighted by atomic mass is 32.1. The van der Waals surface area contributed by atoms with Crippen molar-refractivity contribution in [3.8, 4) is 0 Å². The molecule has 2 aromatic rings. The molecule has 1 aromatic carbocycles. The molecular formula is C22H29N3O2S. The molecule has 0 bridgehead atoms. The van der Waals surface area contributed by atoms with Gasteiger partial charge in [-0.3, -0.25) is 0 Å². The summed E-state index contributed by atoms with van der Waals surface area (Å²) in [6.45, 7) is 4.17. The van der Waals surface area contributed by atoms with Crippen molar-refractivity contribution in [2.24, 2.45) is 0 Å². The minimum atomic E-state index is -0.0478. The molecule has 2 saturated heterocycles. The predicted octanol–water partition coefficient (Wildman–Crippen LogP) is 4.95. The third-order valence-corrected chi connectivity index (χ3v) is 6.37. The summed E-state index contributed by atoms with van der Waals surface area (Å²) in [5.74, 6) is 0. The maximum absolute atomic E-state index is 13.2. The summed E-state index contributed by atoms with van der Waals surface area (Å²) in [5, 5.41) is 5.25. The van der Waals surface area contributed by atoms with Crippen LogP contribution in [0.3, 0.4) is 0 Å². The van der Waals surface area contributed by atoms with Gasteiger partial charge in [-0.2, -0.15) is 0 Å². The van der Waals surface area contributed by atoms with Crippen molar-refractivity contribution in [1.29, 1.82) is 0 Å². The third-order valence-electron chi connectivity index (χ3n) is 5.50. The van der Waals surface area contributed by atoms with Crippen LogP contribution in [0.25, 0.3) is 0 Å². The topological polar surface area (TPSA) is 44.8 Å². The number of urea groups is 1. The van der Waals surface area contributed by atoms with E-state index < -0.39 is 0 Å². The van der Waals surface area contributed by atoms with Crippen LogP contribution in [0.4, 0.5) is 16.2 Å². The van der Waals surface area contributed by atoms with E-state index >= 15 is 0 Å². The van der Waals surface area contributed by atoms with Gasteiger partial charge in [-0.25, -0.2) is 4.79 Å². The lowest BCUT2D eigenvalue weighted by Crippen LogP contribution is -2.40. The quantitative estimate of drug-likeness (QED) is 0.747. The van der Waals surface area contributed by atoms with E-state index in [9.17, 15) is 4.79 Å². The number of anilines is 2. The summed E-state index contributed by atoms with van der Waals surface area (Å²) in [4.78, 5) is 18.7. The number of amides is 2. The fourth-order valence-corrected chi connectivity index (χ4v) is 4.75. The molecule has 0 unspecified atom stereocenters. The Morgan fingerprint density at radius 3 is 2.75 bits per heavy atom. The Balaban J connectivity index is 1.48. The lowest BCUT2D eigenvalue weighted by Gasteiger charge is -2.31.